The van der Waals surface area contributed by atoms with Crippen molar-refractivity contribution in [1.29, 1.82) is 0 Å². The van der Waals surface area contributed by atoms with Gasteiger partial charge in [-0.25, -0.2) is 8.78 Å². The summed E-state index contributed by atoms with van der Waals surface area (Å²) in [6, 6.07) is 1.93. The van der Waals surface area contributed by atoms with E-state index in [4.69, 9.17) is 5.84 Å². The van der Waals surface area contributed by atoms with Crippen LogP contribution in [-0.2, 0) is 0 Å². The minimum Gasteiger partial charge on any atom is -0.323 e. The molecule has 1 aromatic carbocycles. The third kappa shape index (κ3) is 0.827. The van der Waals surface area contributed by atoms with Gasteiger partial charge in [-0.2, -0.15) is 9.89 Å². The monoisotopic (exact) mass is 169 g/mol. The zero-order valence-corrected chi connectivity index (χ0v) is 5.96. The van der Waals surface area contributed by atoms with Crippen molar-refractivity contribution < 1.29 is 8.78 Å². The Kier molecular flexibility index (Phi) is 1.27. The molecule has 0 atom stereocenters. The quantitative estimate of drug-likeness (QED) is 0.598. The van der Waals surface area contributed by atoms with E-state index in [-0.39, 0.29) is 10.9 Å². The Labute approximate surface area is 66.4 Å². The molecule has 12 heavy (non-hydrogen) atoms. The van der Waals surface area contributed by atoms with E-state index in [0.717, 1.165) is 16.9 Å². The van der Waals surface area contributed by atoms with Gasteiger partial charge >= 0.3 is 0 Å². The Balaban J connectivity index is 2.92. The lowest BCUT2D eigenvalue weighted by molar-refractivity contribution is 0.591. The summed E-state index contributed by atoms with van der Waals surface area (Å²) in [7, 11) is 0. The van der Waals surface area contributed by atoms with Gasteiger partial charge in [0.05, 0.1) is 17.1 Å². The Morgan fingerprint density at radius 2 is 2.08 bits per heavy atom. The molecule has 0 aliphatic heterocycles. The second-order valence-electron chi connectivity index (χ2n) is 2.41. The molecule has 2 N–H and O–H groups in total. The number of benzene rings is 1. The Morgan fingerprint density at radius 1 is 1.33 bits per heavy atom. The van der Waals surface area contributed by atoms with Crippen molar-refractivity contribution >= 4 is 10.9 Å². The van der Waals surface area contributed by atoms with Crippen LogP contribution in [0.5, 0.6) is 0 Å². The van der Waals surface area contributed by atoms with Crippen LogP contribution in [0.15, 0.2) is 18.3 Å². The van der Waals surface area contributed by atoms with Gasteiger partial charge in [0.15, 0.2) is 0 Å². The van der Waals surface area contributed by atoms with Crippen LogP contribution in [0.4, 0.5) is 8.78 Å². The lowest BCUT2D eigenvalue weighted by atomic mass is 10.2. The molecule has 0 aliphatic carbocycles. The fourth-order valence-corrected chi connectivity index (χ4v) is 1.07. The molecule has 0 bridgehead atoms. The lowest BCUT2D eigenvalue weighted by Crippen LogP contribution is -2.09. The molecule has 2 rings (SSSR count). The van der Waals surface area contributed by atoms with E-state index in [1.807, 2.05) is 0 Å². The number of hydrogen-bond donors (Lipinski definition) is 1. The summed E-state index contributed by atoms with van der Waals surface area (Å²) in [6.45, 7) is 0. The van der Waals surface area contributed by atoms with Crippen molar-refractivity contribution in [3.8, 4) is 0 Å². The van der Waals surface area contributed by atoms with E-state index in [2.05, 4.69) is 5.10 Å². The first-order valence-corrected chi connectivity index (χ1v) is 3.26. The average molecular weight is 169 g/mol. The lowest BCUT2D eigenvalue weighted by Gasteiger charge is -1.94. The number of nitrogens with two attached hydrogens (primary N) is 1. The number of nitrogen functional groups attached to an aromatic ring is 1. The highest BCUT2D eigenvalue weighted by molar-refractivity contribution is 5.79. The summed E-state index contributed by atoms with van der Waals surface area (Å²) in [6.07, 6.45) is 1.25. The number of nitrogens with zero attached hydrogens (tertiary/aromatic N) is 2. The van der Waals surface area contributed by atoms with Crippen molar-refractivity contribution in [1.82, 2.24) is 9.89 Å². The van der Waals surface area contributed by atoms with Gasteiger partial charge in [-0.15, -0.1) is 0 Å². The van der Waals surface area contributed by atoms with Crippen molar-refractivity contribution in [3.63, 3.8) is 0 Å². The molecule has 0 fully saturated rings. The number of fused-ring (bicyclic) bond motifs is 1. The van der Waals surface area contributed by atoms with E-state index in [9.17, 15) is 8.78 Å². The van der Waals surface area contributed by atoms with E-state index >= 15 is 0 Å². The summed E-state index contributed by atoms with van der Waals surface area (Å²) >= 11 is 0. The summed E-state index contributed by atoms with van der Waals surface area (Å²) in [5.41, 5.74) is 0.243. The fraction of sp³-hybridized carbons (Fsp3) is 0. The third-order valence-electron chi connectivity index (χ3n) is 1.63. The van der Waals surface area contributed by atoms with Crippen LogP contribution < -0.4 is 5.84 Å². The Hall–Kier alpha value is -1.65. The Morgan fingerprint density at radius 3 is 2.83 bits per heavy atom. The molecule has 0 saturated heterocycles. The normalized spacial score (nSPS) is 10.8. The standard InChI is InChI=1S/C7H5F2N3/c8-4-1-6(9)5-3-11-12(10)7(5)2-4/h1-3H,10H2. The third-order valence-corrected chi connectivity index (χ3v) is 1.63. The molecule has 1 heterocycles. The van der Waals surface area contributed by atoms with Crippen LogP contribution in [-0.4, -0.2) is 9.89 Å². The molecule has 2 aromatic rings. The summed E-state index contributed by atoms with van der Waals surface area (Å²) in [4.78, 5) is 0.932. The van der Waals surface area contributed by atoms with Crippen LogP contribution in [0.25, 0.3) is 10.9 Å². The van der Waals surface area contributed by atoms with Crippen molar-refractivity contribution in [2.45, 2.75) is 0 Å². The van der Waals surface area contributed by atoms with Gasteiger partial charge in [-0.3, -0.25) is 0 Å². The smallest absolute Gasteiger partial charge is 0.137 e. The molecule has 0 aliphatic rings. The second kappa shape index (κ2) is 2.17. The van der Waals surface area contributed by atoms with Crippen LogP contribution in [0.1, 0.15) is 0 Å². The first-order chi connectivity index (χ1) is 5.68. The number of rotatable bonds is 0. The molecule has 0 radical (unpaired) electrons. The summed E-state index contributed by atoms with van der Waals surface area (Å²) in [5, 5.41) is 3.81. The van der Waals surface area contributed by atoms with Crippen LogP contribution in [0, 0.1) is 11.6 Å². The first kappa shape index (κ1) is 7.02. The van der Waals surface area contributed by atoms with E-state index in [1.165, 1.54) is 6.20 Å². The van der Waals surface area contributed by atoms with Gasteiger partial charge < -0.3 is 5.84 Å². The number of aromatic nitrogens is 2. The molecule has 1 aromatic heterocycles. The largest absolute Gasteiger partial charge is 0.323 e. The molecule has 5 heteroatoms. The number of halogens is 2. The molecule has 0 spiro atoms. The molecule has 62 valence electrons. The van der Waals surface area contributed by atoms with Gasteiger partial charge in [-0.05, 0) is 0 Å². The SMILES string of the molecule is Nn1ncc2c(F)cc(F)cc21. The first-order valence-electron chi connectivity index (χ1n) is 3.26. The zero-order chi connectivity index (χ0) is 8.72. The van der Waals surface area contributed by atoms with E-state index in [0.29, 0.717) is 0 Å². The minimum atomic E-state index is -0.660. The van der Waals surface area contributed by atoms with Crippen LogP contribution >= 0.6 is 0 Å². The maximum atomic E-state index is 12.9. The Bertz CT molecular complexity index is 435. The molecular weight excluding hydrogens is 164 g/mol. The second-order valence-corrected chi connectivity index (χ2v) is 2.41. The molecule has 0 unspecified atom stereocenters. The summed E-state index contributed by atoms with van der Waals surface area (Å²) < 4.78 is 25.5. The van der Waals surface area contributed by atoms with Crippen LogP contribution in [0.2, 0.25) is 0 Å². The average Bonchev–Trinajstić information content (AvgIpc) is 2.33. The van der Waals surface area contributed by atoms with Gasteiger partial charge in [-0.1, -0.05) is 0 Å². The van der Waals surface area contributed by atoms with Gasteiger partial charge in [0.25, 0.3) is 0 Å². The maximum absolute atomic E-state index is 12.9. The van der Waals surface area contributed by atoms with Crippen molar-refractivity contribution in [2.24, 2.45) is 0 Å². The molecule has 0 amide bonds. The van der Waals surface area contributed by atoms with Crippen molar-refractivity contribution in [3.05, 3.63) is 30.0 Å². The highest BCUT2D eigenvalue weighted by atomic mass is 19.1. The van der Waals surface area contributed by atoms with E-state index < -0.39 is 11.6 Å². The van der Waals surface area contributed by atoms with E-state index in [1.54, 1.807) is 0 Å². The predicted molar refractivity (Wildman–Crippen MR) is 39.8 cm³/mol. The van der Waals surface area contributed by atoms with Gasteiger partial charge in [0.2, 0.25) is 0 Å². The molecule has 3 nitrogen and oxygen atoms in total. The zero-order valence-electron chi connectivity index (χ0n) is 5.96. The van der Waals surface area contributed by atoms with Crippen molar-refractivity contribution in [2.75, 3.05) is 5.84 Å². The van der Waals surface area contributed by atoms with Gasteiger partial charge in [0, 0.05) is 12.1 Å². The highest BCUT2D eigenvalue weighted by Gasteiger charge is 2.07. The molecular formula is C7H5F2N3. The topological polar surface area (TPSA) is 43.8 Å². The number of hydrogen-bond acceptors (Lipinski definition) is 2. The summed E-state index contributed by atoms with van der Waals surface area (Å²) in [5.74, 6) is 3.97. The van der Waals surface area contributed by atoms with Gasteiger partial charge in [0.1, 0.15) is 11.6 Å². The maximum Gasteiger partial charge on any atom is 0.137 e. The fourth-order valence-electron chi connectivity index (χ4n) is 1.07. The highest BCUT2D eigenvalue weighted by Crippen LogP contribution is 2.17. The van der Waals surface area contributed by atoms with Crippen LogP contribution in [0.3, 0.4) is 0 Å². The predicted octanol–water partition coefficient (Wildman–Crippen LogP) is 1.03. The molecule has 0 saturated carbocycles. The minimum absolute atomic E-state index is 0.221.